The molecule has 0 bridgehead atoms. The Balaban J connectivity index is 2.48. The first-order valence-corrected chi connectivity index (χ1v) is 2.68. The SMILES string of the molecule is [c]1ocnc1-c1ncco1. The predicted molar refractivity (Wildman–Crippen MR) is 30.8 cm³/mol. The van der Waals surface area contributed by atoms with Gasteiger partial charge in [-0.1, -0.05) is 0 Å². The third kappa shape index (κ3) is 0.699. The normalized spacial score (nSPS) is 10.0. The van der Waals surface area contributed by atoms with Gasteiger partial charge in [-0.25, -0.2) is 9.97 Å². The molecular weight excluding hydrogens is 132 g/mol. The summed E-state index contributed by atoms with van der Waals surface area (Å²) in [6, 6.07) is 0. The van der Waals surface area contributed by atoms with Gasteiger partial charge in [0.1, 0.15) is 6.26 Å². The third-order valence-electron chi connectivity index (χ3n) is 1.03. The quantitative estimate of drug-likeness (QED) is 0.588. The Labute approximate surface area is 56.5 Å². The maximum absolute atomic E-state index is 4.91. The van der Waals surface area contributed by atoms with Crippen LogP contribution in [-0.4, -0.2) is 9.97 Å². The van der Waals surface area contributed by atoms with Gasteiger partial charge in [-0.05, 0) is 0 Å². The highest BCUT2D eigenvalue weighted by atomic mass is 16.4. The van der Waals surface area contributed by atoms with Crippen LogP contribution in [0.1, 0.15) is 0 Å². The molecule has 2 aromatic rings. The smallest absolute Gasteiger partial charge is 0.249 e. The first-order chi connectivity index (χ1) is 4.97. The fourth-order valence-corrected chi connectivity index (χ4v) is 0.627. The van der Waals surface area contributed by atoms with Gasteiger partial charge in [0, 0.05) is 0 Å². The molecule has 0 spiro atoms. The molecule has 2 rings (SSSR count). The van der Waals surface area contributed by atoms with Crippen LogP contribution in [0, 0.1) is 6.26 Å². The Morgan fingerprint density at radius 3 is 3.00 bits per heavy atom. The fourth-order valence-electron chi connectivity index (χ4n) is 0.627. The first kappa shape index (κ1) is 5.22. The largest absolute Gasteiger partial charge is 0.443 e. The van der Waals surface area contributed by atoms with Crippen LogP contribution in [0.3, 0.4) is 0 Å². The second-order valence-corrected chi connectivity index (χ2v) is 1.64. The molecule has 4 heteroatoms. The molecular formula is C6H3N2O2. The molecule has 0 fully saturated rings. The minimum absolute atomic E-state index is 0.425. The van der Waals surface area contributed by atoms with Crippen molar-refractivity contribution in [1.29, 1.82) is 0 Å². The van der Waals surface area contributed by atoms with Gasteiger partial charge in [-0.3, -0.25) is 0 Å². The van der Waals surface area contributed by atoms with Crippen LogP contribution in [0.5, 0.6) is 0 Å². The fraction of sp³-hybridized carbons (Fsp3) is 0. The van der Waals surface area contributed by atoms with Crippen LogP contribution in [0.15, 0.2) is 27.7 Å². The van der Waals surface area contributed by atoms with E-state index in [1.807, 2.05) is 0 Å². The van der Waals surface area contributed by atoms with E-state index < -0.39 is 0 Å². The molecule has 0 unspecified atom stereocenters. The summed E-state index contributed by atoms with van der Waals surface area (Å²) < 4.78 is 9.52. The molecule has 0 atom stereocenters. The van der Waals surface area contributed by atoms with Crippen LogP contribution < -0.4 is 0 Å². The molecule has 10 heavy (non-hydrogen) atoms. The third-order valence-corrected chi connectivity index (χ3v) is 1.03. The Morgan fingerprint density at radius 1 is 1.40 bits per heavy atom. The summed E-state index contributed by atoms with van der Waals surface area (Å²) in [6.07, 6.45) is 6.78. The van der Waals surface area contributed by atoms with Gasteiger partial charge < -0.3 is 8.83 Å². The Bertz CT molecular complexity index is 253. The molecule has 49 valence electrons. The maximum atomic E-state index is 4.91. The van der Waals surface area contributed by atoms with Crippen molar-refractivity contribution in [2.75, 3.05) is 0 Å². The van der Waals surface area contributed by atoms with Crippen molar-refractivity contribution < 1.29 is 8.83 Å². The lowest BCUT2D eigenvalue weighted by molar-refractivity contribution is 0.546. The second kappa shape index (κ2) is 1.98. The second-order valence-electron chi connectivity index (χ2n) is 1.64. The van der Waals surface area contributed by atoms with Crippen LogP contribution in [0.4, 0.5) is 0 Å². The van der Waals surface area contributed by atoms with E-state index in [0.717, 1.165) is 0 Å². The number of hydrogen-bond donors (Lipinski definition) is 0. The zero-order valence-corrected chi connectivity index (χ0v) is 4.94. The topological polar surface area (TPSA) is 52.1 Å². The number of hydrogen-bond acceptors (Lipinski definition) is 4. The predicted octanol–water partition coefficient (Wildman–Crippen LogP) is 1.13. The molecule has 0 N–H and O–H groups in total. The summed E-state index contributed by atoms with van der Waals surface area (Å²) in [4.78, 5) is 7.62. The van der Waals surface area contributed by atoms with Crippen molar-refractivity contribution in [2.24, 2.45) is 0 Å². The highest BCUT2D eigenvalue weighted by Crippen LogP contribution is 2.11. The number of aromatic nitrogens is 2. The van der Waals surface area contributed by atoms with Crippen LogP contribution in [0.2, 0.25) is 0 Å². The monoisotopic (exact) mass is 135 g/mol. The summed E-state index contributed by atoms with van der Waals surface area (Å²) in [5.41, 5.74) is 0.491. The first-order valence-electron chi connectivity index (χ1n) is 2.68. The van der Waals surface area contributed by atoms with Crippen molar-refractivity contribution in [3.8, 4) is 11.6 Å². The molecule has 0 saturated heterocycles. The summed E-state index contributed by atoms with van der Waals surface area (Å²) in [6.45, 7) is 0. The maximum Gasteiger partial charge on any atom is 0.249 e. The Kier molecular flexibility index (Phi) is 1.04. The van der Waals surface area contributed by atoms with E-state index in [9.17, 15) is 0 Å². The van der Waals surface area contributed by atoms with E-state index in [0.29, 0.717) is 11.6 Å². The molecule has 0 aliphatic heterocycles. The molecule has 1 radical (unpaired) electrons. The van der Waals surface area contributed by atoms with E-state index in [1.54, 1.807) is 0 Å². The summed E-state index contributed by atoms with van der Waals surface area (Å²) in [5, 5.41) is 0. The molecule has 0 aliphatic carbocycles. The van der Waals surface area contributed by atoms with Crippen molar-refractivity contribution in [3.05, 3.63) is 25.1 Å². The lowest BCUT2D eigenvalue weighted by Crippen LogP contribution is -1.73. The molecule has 4 nitrogen and oxygen atoms in total. The van der Waals surface area contributed by atoms with Crippen LogP contribution in [0.25, 0.3) is 11.6 Å². The average molecular weight is 135 g/mol. The number of rotatable bonds is 1. The summed E-state index contributed by atoms with van der Waals surface area (Å²) in [5.74, 6) is 0.425. The zero-order valence-electron chi connectivity index (χ0n) is 4.94. The lowest BCUT2D eigenvalue weighted by Gasteiger charge is -1.79. The van der Waals surface area contributed by atoms with E-state index in [-0.39, 0.29) is 0 Å². The van der Waals surface area contributed by atoms with Gasteiger partial charge in [0.05, 0.1) is 6.20 Å². The molecule has 0 aromatic carbocycles. The van der Waals surface area contributed by atoms with E-state index in [2.05, 4.69) is 20.6 Å². The Morgan fingerprint density at radius 2 is 2.40 bits per heavy atom. The molecule has 0 amide bonds. The van der Waals surface area contributed by atoms with Gasteiger partial charge >= 0.3 is 0 Å². The standard InChI is InChI=1S/C6H3N2O2/c1-2-10-6(7-1)5-3-9-4-8-5/h1-2,4H. The van der Waals surface area contributed by atoms with Gasteiger partial charge in [0.15, 0.2) is 12.1 Å². The van der Waals surface area contributed by atoms with Crippen LogP contribution >= 0.6 is 0 Å². The highest BCUT2D eigenvalue weighted by Gasteiger charge is 2.04. The van der Waals surface area contributed by atoms with Crippen molar-refractivity contribution in [3.63, 3.8) is 0 Å². The van der Waals surface area contributed by atoms with Gasteiger partial charge in [-0.15, -0.1) is 0 Å². The van der Waals surface area contributed by atoms with E-state index in [1.165, 1.54) is 18.9 Å². The summed E-state index contributed by atoms with van der Waals surface area (Å²) >= 11 is 0. The van der Waals surface area contributed by atoms with Crippen LogP contribution in [-0.2, 0) is 0 Å². The van der Waals surface area contributed by atoms with Gasteiger partial charge in [0.25, 0.3) is 0 Å². The van der Waals surface area contributed by atoms with Crippen molar-refractivity contribution in [2.45, 2.75) is 0 Å². The average Bonchev–Trinajstić information content (AvgIpc) is 2.59. The Hall–Kier alpha value is -1.58. The molecule has 2 aromatic heterocycles. The summed E-state index contributed by atoms with van der Waals surface area (Å²) in [7, 11) is 0. The minimum Gasteiger partial charge on any atom is -0.443 e. The number of nitrogens with zero attached hydrogens (tertiary/aromatic N) is 2. The lowest BCUT2D eigenvalue weighted by atomic mass is 10.5. The van der Waals surface area contributed by atoms with Gasteiger partial charge in [0.2, 0.25) is 12.2 Å². The molecule has 0 aliphatic rings. The minimum atomic E-state index is 0.425. The molecule has 0 saturated carbocycles. The van der Waals surface area contributed by atoms with E-state index >= 15 is 0 Å². The molecule has 2 heterocycles. The highest BCUT2D eigenvalue weighted by molar-refractivity contribution is 5.41. The number of oxazole rings is 2. The van der Waals surface area contributed by atoms with Gasteiger partial charge in [-0.2, -0.15) is 0 Å². The zero-order chi connectivity index (χ0) is 6.81. The van der Waals surface area contributed by atoms with Crippen molar-refractivity contribution in [1.82, 2.24) is 9.97 Å². The van der Waals surface area contributed by atoms with E-state index in [4.69, 9.17) is 4.42 Å². The van der Waals surface area contributed by atoms with Crippen molar-refractivity contribution >= 4 is 0 Å².